The molecule has 40 heavy (non-hydrogen) atoms. The first-order valence-electron chi connectivity index (χ1n) is 12.8. The molecule has 3 rings (SSSR count). The van der Waals surface area contributed by atoms with Gasteiger partial charge in [-0.3, -0.25) is 18.7 Å². The normalized spacial score (nSPS) is 12.1. The van der Waals surface area contributed by atoms with Gasteiger partial charge in [-0.1, -0.05) is 70.5 Å². The number of benzene rings is 3. The number of carbonyl (C=O) groups excluding carboxylic acids is 3. The van der Waals surface area contributed by atoms with Crippen molar-refractivity contribution in [1.82, 2.24) is 10.2 Å². The van der Waals surface area contributed by atoms with Crippen molar-refractivity contribution >= 4 is 49.2 Å². The minimum atomic E-state index is -3.93. The molecule has 2 amide bonds. The van der Waals surface area contributed by atoms with E-state index in [4.69, 9.17) is 0 Å². The zero-order valence-electron chi connectivity index (χ0n) is 23.0. The van der Waals surface area contributed by atoms with Crippen LogP contribution in [0, 0.1) is 0 Å². The molecular formula is C30H34BrN3O5S. The van der Waals surface area contributed by atoms with Crippen molar-refractivity contribution in [1.29, 1.82) is 0 Å². The fourth-order valence-electron chi connectivity index (χ4n) is 4.26. The molecule has 10 heteroatoms. The maximum Gasteiger partial charge on any atom is 0.244 e. The Morgan fingerprint density at radius 2 is 1.55 bits per heavy atom. The van der Waals surface area contributed by atoms with Crippen molar-refractivity contribution < 1.29 is 22.8 Å². The third-order valence-corrected chi connectivity index (χ3v) is 7.80. The molecule has 0 radical (unpaired) electrons. The Morgan fingerprint density at radius 1 is 0.900 bits per heavy atom. The number of ketones is 1. The van der Waals surface area contributed by atoms with Crippen molar-refractivity contribution in [2.45, 2.75) is 45.8 Å². The summed E-state index contributed by atoms with van der Waals surface area (Å²) in [5, 5.41) is 2.92. The van der Waals surface area contributed by atoms with Crippen LogP contribution in [0.5, 0.6) is 0 Å². The SMILES string of the molecule is CC(=O)c1cccc(N(CC(=O)N(Cc2cccc(Br)c2)C(Cc2ccccc2)C(=O)NC(C)C)S(C)(=O)=O)c1. The summed E-state index contributed by atoms with van der Waals surface area (Å²) in [6.45, 7) is 4.59. The summed E-state index contributed by atoms with van der Waals surface area (Å²) < 4.78 is 27.6. The summed E-state index contributed by atoms with van der Waals surface area (Å²) in [5.74, 6) is -1.13. The van der Waals surface area contributed by atoms with Gasteiger partial charge in [-0.05, 0) is 56.2 Å². The van der Waals surface area contributed by atoms with Crippen LogP contribution in [0.4, 0.5) is 5.69 Å². The number of nitrogens with one attached hydrogen (secondary N) is 1. The summed E-state index contributed by atoms with van der Waals surface area (Å²) in [5.41, 5.74) is 2.13. The quantitative estimate of drug-likeness (QED) is 0.296. The first-order valence-corrected chi connectivity index (χ1v) is 15.5. The lowest BCUT2D eigenvalue weighted by atomic mass is 10.0. The highest BCUT2D eigenvalue weighted by Gasteiger charge is 2.33. The maximum atomic E-state index is 14.1. The van der Waals surface area contributed by atoms with Gasteiger partial charge in [-0.25, -0.2) is 8.42 Å². The van der Waals surface area contributed by atoms with Gasteiger partial charge in [0.25, 0.3) is 0 Å². The van der Waals surface area contributed by atoms with Gasteiger partial charge in [-0.15, -0.1) is 0 Å². The average molecular weight is 629 g/mol. The third kappa shape index (κ3) is 8.76. The number of rotatable bonds is 12. The number of Topliss-reactive ketones (excluding diaryl/α,β-unsaturated/α-hetero) is 1. The second-order valence-electron chi connectivity index (χ2n) is 9.90. The Kier molecular flexibility index (Phi) is 10.6. The minimum absolute atomic E-state index is 0.0758. The predicted octanol–water partition coefficient (Wildman–Crippen LogP) is 4.58. The molecule has 0 fully saturated rings. The molecule has 3 aromatic rings. The van der Waals surface area contributed by atoms with Crippen LogP contribution in [0.15, 0.2) is 83.3 Å². The van der Waals surface area contributed by atoms with Gasteiger partial charge in [-0.2, -0.15) is 0 Å². The van der Waals surface area contributed by atoms with Crippen LogP contribution < -0.4 is 9.62 Å². The van der Waals surface area contributed by atoms with E-state index in [2.05, 4.69) is 21.2 Å². The third-order valence-electron chi connectivity index (χ3n) is 6.16. The first-order chi connectivity index (χ1) is 18.8. The van der Waals surface area contributed by atoms with Crippen molar-refractivity contribution in [3.8, 4) is 0 Å². The van der Waals surface area contributed by atoms with Gasteiger partial charge in [0.05, 0.1) is 11.9 Å². The Balaban J connectivity index is 2.07. The molecule has 0 bridgehead atoms. The molecule has 3 aromatic carbocycles. The van der Waals surface area contributed by atoms with Gasteiger partial charge in [0.1, 0.15) is 12.6 Å². The largest absolute Gasteiger partial charge is 0.352 e. The predicted molar refractivity (Wildman–Crippen MR) is 161 cm³/mol. The van der Waals surface area contributed by atoms with Gasteiger partial charge >= 0.3 is 0 Å². The molecule has 0 aliphatic heterocycles. The molecular weight excluding hydrogens is 594 g/mol. The topological polar surface area (TPSA) is 104 Å². The Bertz CT molecular complexity index is 1460. The van der Waals surface area contributed by atoms with E-state index in [-0.39, 0.29) is 36.4 Å². The summed E-state index contributed by atoms with van der Waals surface area (Å²) in [6, 6.07) is 21.8. The highest BCUT2D eigenvalue weighted by atomic mass is 79.9. The van der Waals surface area contributed by atoms with Crippen molar-refractivity contribution in [3.63, 3.8) is 0 Å². The van der Waals surface area contributed by atoms with Crippen LogP contribution in [0.1, 0.15) is 42.3 Å². The van der Waals surface area contributed by atoms with E-state index < -0.39 is 28.5 Å². The van der Waals surface area contributed by atoms with Crippen molar-refractivity contribution in [2.75, 3.05) is 17.1 Å². The summed E-state index contributed by atoms with van der Waals surface area (Å²) in [6.07, 6.45) is 1.24. The fraction of sp³-hybridized carbons (Fsp3) is 0.300. The molecule has 8 nitrogen and oxygen atoms in total. The van der Waals surface area contributed by atoms with E-state index in [1.807, 2.05) is 68.4 Å². The lowest BCUT2D eigenvalue weighted by molar-refractivity contribution is -0.140. The van der Waals surface area contributed by atoms with Gasteiger partial charge in [0, 0.05) is 29.0 Å². The molecule has 1 atom stereocenters. The molecule has 212 valence electrons. The number of amides is 2. The lowest BCUT2D eigenvalue weighted by Crippen LogP contribution is -2.54. The number of hydrogen-bond acceptors (Lipinski definition) is 5. The highest BCUT2D eigenvalue weighted by Crippen LogP contribution is 2.22. The Labute approximate surface area is 244 Å². The molecule has 1 N–H and O–H groups in total. The number of halogens is 1. The number of nitrogens with zero attached hydrogens (tertiary/aromatic N) is 2. The monoisotopic (exact) mass is 627 g/mol. The number of hydrogen-bond donors (Lipinski definition) is 1. The van der Waals surface area contributed by atoms with Crippen LogP contribution in [-0.4, -0.2) is 55.8 Å². The molecule has 0 saturated carbocycles. The second kappa shape index (κ2) is 13.7. The van der Waals surface area contributed by atoms with Crippen molar-refractivity contribution in [3.05, 3.63) is 100 Å². The van der Waals surface area contributed by atoms with Gasteiger partial charge < -0.3 is 10.2 Å². The summed E-state index contributed by atoms with van der Waals surface area (Å²) in [4.78, 5) is 41.0. The Morgan fingerprint density at radius 3 is 2.15 bits per heavy atom. The van der Waals surface area contributed by atoms with Gasteiger partial charge in [0.2, 0.25) is 21.8 Å². The molecule has 0 aliphatic rings. The number of sulfonamides is 1. The standard InChI is InChI=1S/C30H34BrN3O5S/c1-21(2)32-30(37)28(17-23-10-6-5-7-11-23)33(19-24-12-8-14-26(31)16-24)29(36)20-34(40(4,38)39)27-15-9-13-25(18-27)22(3)35/h5-16,18,21,28H,17,19-20H2,1-4H3,(H,32,37). The van der Waals surface area contributed by atoms with E-state index in [0.717, 1.165) is 26.2 Å². The van der Waals surface area contributed by atoms with E-state index >= 15 is 0 Å². The van der Waals surface area contributed by atoms with Crippen LogP contribution in [0.2, 0.25) is 0 Å². The van der Waals surface area contributed by atoms with Gasteiger partial charge in [0.15, 0.2) is 5.78 Å². The lowest BCUT2D eigenvalue weighted by Gasteiger charge is -2.34. The van der Waals surface area contributed by atoms with E-state index in [0.29, 0.717) is 5.56 Å². The molecule has 0 heterocycles. The van der Waals surface area contributed by atoms with Crippen LogP contribution >= 0.6 is 15.9 Å². The molecule has 0 aliphatic carbocycles. The molecule has 1 unspecified atom stereocenters. The second-order valence-corrected chi connectivity index (χ2v) is 12.7. The van der Waals surface area contributed by atoms with Crippen molar-refractivity contribution in [2.24, 2.45) is 0 Å². The minimum Gasteiger partial charge on any atom is -0.352 e. The van der Waals surface area contributed by atoms with E-state index in [9.17, 15) is 22.8 Å². The van der Waals surface area contributed by atoms with Crippen LogP contribution in [0.25, 0.3) is 0 Å². The summed E-state index contributed by atoms with van der Waals surface area (Å²) >= 11 is 3.46. The zero-order chi connectivity index (χ0) is 29.4. The number of anilines is 1. The average Bonchev–Trinajstić information content (AvgIpc) is 2.88. The molecule has 0 aromatic heterocycles. The molecule has 0 spiro atoms. The van der Waals surface area contributed by atoms with Crippen LogP contribution in [-0.2, 0) is 32.6 Å². The van der Waals surface area contributed by atoms with Crippen LogP contribution in [0.3, 0.4) is 0 Å². The summed E-state index contributed by atoms with van der Waals surface area (Å²) in [7, 11) is -3.93. The fourth-order valence-corrected chi connectivity index (χ4v) is 5.55. The van der Waals surface area contributed by atoms with E-state index in [1.165, 1.54) is 24.0 Å². The Hall–Kier alpha value is -3.50. The van der Waals surface area contributed by atoms with E-state index in [1.54, 1.807) is 12.1 Å². The highest BCUT2D eigenvalue weighted by molar-refractivity contribution is 9.10. The maximum absolute atomic E-state index is 14.1. The molecule has 0 saturated heterocycles. The smallest absolute Gasteiger partial charge is 0.244 e. The zero-order valence-corrected chi connectivity index (χ0v) is 25.4. The first kappa shape index (κ1) is 31.0. The number of carbonyl (C=O) groups is 3.